The molecule has 0 aliphatic carbocycles. The molecule has 0 aromatic heterocycles. The molecule has 0 amide bonds. The Morgan fingerprint density at radius 1 is 1.50 bits per heavy atom. The van der Waals surface area contributed by atoms with Gasteiger partial charge in [0.05, 0.1) is 6.10 Å². The van der Waals surface area contributed by atoms with E-state index in [2.05, 4.69) is 11.3 Å². The van der Waals surface area contributed by atoms with Gasteiger partial charge in [0, 0.05) is 12.0 Å². The Bertz CT molecular complexity index is 265. The molecule has 0 heterocycles. The molecule has 0 rings (SSSR count). The van der Waals surface area contributed by atoms with Crippen LogP contribution in [0.1, 0.15) is 13.3 Å². The summed E-state index contributed by atoms with van der Waals surface area (Å²) in [5.41, 5.74) is 0.0211. The number of alkyl halides is 4. The van der Waals surface area contributed by atoms with E-state index in [0.29, 0.717) is 0 Å². The summed E-state index contributed by atoms with van der Waals surface area (Å²) in [6.07, 6.45) is -7.17. The van der Waals surface area contributed by atoms with Gasteiger partial charge >= 0.3 is 18.3 Å². The lowest BCUT2D eigenvalue weighted by atomic mass is 10.1. The molecule has 0 aliphatic rings. The zero-order valence-electron chi connectivity index (χ0n) is 8.55. The summed E-state index contributed by atoms with van der Waals surface area (Å²) in [6.45, 7) is 3.76. The summed E-state index contributed by atoms with van der Waals surface area (Å²) >= 11 is 0. The van der Waals surface area contributed by atoms with E-state index in [1.54, 1.807) is 0 Å². The number of ether oxygens (including phenoxy) is 1. The lowest BCUT2D eigenvalue weighted by molar-refractivity contribution is -0.160. The minimum atomic E-state index is -4.30. The van der Waals surface area contributed by atoms with E-state index in [1.807, 2.05) is 0 Å². The Hall–Kier alpha value is -1.11. The van der Waals surface area contributed by atoms with Crippen LogP contribution in [-0.2, 0) is 9.53 Å². The fraction of sp³-hybridized carbons (Fsp3) is 0.667. The maximum absolute atomic E-state index is 12.4. The SMILES string of the molecule is C=C(C)C(=O)OCC(O)CC(F)(F)C(F)F. The highest BCUT2D eigenvalue weighted by Crippen LogP contribution is 2.28. The summed E-state index contributed by atoms with van der Waals surface area (Å²) < 4.78 is 52.6. The van der Waals surface area contributed by atoms with Crippen LogP contribution in [0.4, 0.5) is 17.6 Å². The van der Waals surface area contributed by atoms with Crippen molar-refractivity contribution >= 4 is 5.97 Å². The van der Waals surface area contributed by atoms with Crippen molar-refractivity contribution < 1.29 is 32.2 Å². The first-order valence-corrected chi connectivity index (χ1v) is 4.33. The van der Waals surface area contributed by atoms with Crippen molar-refractivity contribution in [3.05, 3.63) is 12.2 Å². The number of esters is 1. The summed E-state index contributed by atoms with van der Waals surface area (Å²) in [7, 11) is 0. The fourth-order valence-corrected chi connectivity index (χ4v) is 0.757. The van der Waals surface area contributed by atoms with Gasteiger partial charge in [-0.25, -0.2) is 22.4 Å². The molecular weight excluding hydrogens is 232 g/mol. The number of halogens is 4. The van der Waals surface area contributed by atoms with Gasteiger partial charge in [-0.05, 0) is 6.92 Å². The molecule has 0 aromatic carbocycles. The van der Waals surface area contributed by atoms with E-state index in [-0.39, 0.29) is 5.57 Å². The third kappa shape index (κ3) is 5.11. The molecule has 0 bridgehead atoms. The molecule has 0 aromatic rings. The molecule has 16 heavy (non-hydrogen) atoms. The first kappa shape index (κ1) is 14.9. The highest BCUT2D eigenvalue weighted by molar-refractivity contribution is 5.86. The van der Waals surface area contributed by atoms with Crippen molar-refractivity contribution in [2.75, 3.05) is 6.61 Å². The Morgan fingerprint density at radius 3 is 2.38 bits per heavy atom. The van der Waals surface area contributed by atoms with Crippen molar-refractivity contribution in [1.29, 1.82) is 0 Å². The van der Waals surface area contributed by atoms with Crippen LogP contribution >= 0.6 is 0 Å². The van der Waals surface area contributed by atoms with Gasteiger partial charge in [-0.3, -0.25) is 0 Å². The highest BCUT2D eigenvalue weighted by Gasteiger charge is 2.42. The predicted molar refractivity (Wildman–Crippen MR) is 47.3 cm³/mol. The lowest BCUT2D eigenvalue weighted by Gasteiger charge is -2.18. The maximum atomic E-state index is 12.4. The van der Waals surface area contributed by atoms with Gasteiger partial charge in [0.15, 0.2) is 0 Å². The standard InChI is InChI=1S/C9H12F4O3/c1-5(2)7(15)16-4-6(14)3-9(12,13)8(10)11/h6,8,14H,1,3-4H2,2H3. The molecule has 0 aliphatic heterocycles. The second-order valence-electron chi connectivity index (χ2n) is 3.30. The molecule has 1 atom stereocenters. The second kappa shape index (κ2) is 5.83. The third-order valence-electron chi connectivity index (χ3n) is 1.58. The first-order valence-electron chi connectivity index (χ1n) is 4.33. The second-order valence-corrected chi connectivity index (χ2v) is 3.30. The quantitative estimate of drug-likeness (QED) is 0.440. The fourth-order valence-electron chi connectivity index (χ4n) is 0.757. The lowest BCUT2D eigenvalue weighted by Crippen LogP contribution is -2.34. The average Bonchev–Trinajstić information content (AvgIpc) is 2.12. The average molecular weight is 244 g/mol. The van der Waals surface area contributed by atoms with Crippen LogP contribution < -0.4 is 0 Å². The Labute approximate surface area is 89.7 Å². The molecule has 94 valence electrons. The summed E-state index contributed by atoms with van der Waals surface area (Å²) in [5.74, 6) is -5.17. The molecule has 0 saturated heterocycles. The number of hydrogen-bond acceptors (Lipinski definition) is 3. The van der Waals surface area contributed by atoms with E-state index >= 15 is 0 Å². The molecule has 7 heteroatoms. The van der Waals surface area contributed by atoms with Crippen LogP contribution in [-0.4, -0.2) is 36.1 Å². The monoisotopic (exact) mass is 244 g/mol. The van der Waals surface area contributed by atoms with Crippen molar-refractivity contribution in [2.24, 2.45) is 0 Å². The van der Waals surface area contributed by atoms with Crippen molar-refractivity contribution in [3.8, 4) is 0 Å². The van der Waals surface area contributed by atoms with Gasteiger partial charge in [-0.15, -0.1) is 0 Å². The van der Waals surface area contributed by atoms with E-state index in [0.717, 1.165) is 0 Å². The van der Waals surface area contributed by atoms with Gasteiger partial charge in [-0.2, -0.15) is 0 Å². The van der Waals surface area contributed by atoms with Gasteiger partial charge in [0.1, 0.15) is 6.61 Å². The van der Waals surface area contributed by atoms with Crippen LogP contribution in [0.25, 0.3) is 0 Å². The predicted octanol–water partition coefficient (Wildman–Crippen LogP) is 1.76. The van der Waals surface area contributed by atoms with Gasteiger partial charge in [0.25, 0.3) is 0 Å². The zero-order valence-corrected chi connectivity index (χ0v) is 8.55. The maximum Gasteiger partial charge on any atom is 0.333 e. The number of hydrogen-bond donors (Lipinski definition) is 1. The third-order valence-corrected chi connectivity index (χ3v) is 1.58. The summed E-state index contributed by atoms with van der Waals surface area (Å²) in [5, 5.41) is 8.94. The van der Waals surface area contributed by atoms with Crippen LogP contribution in [0.2, 0.25) is 0 Å². The van der Waals surface area contributed by atoms with E-state index in [9.17, 15) is 22.4 Å². The van der Waals surface area contributed by atoms with Crippen molar-refractivity contribution in [2.45, 2.75) is 31.8 Å². The normalized spacial score (nSPS) is 13.7. The highest BCUT2D eigenvalue weighted by atomic mass is 19.3. The Balaban J connectivity index is 4.05. The first-order chi connectivity index (χ1) is 7.16. The van der Waals surface area contributed by atoms with Gasteiger partial charge < -0.3 is 9.84 Å². The van der Waals surface area contributed by atoms with Crippen LogP contribution in [0, 0.1) is 0 Å². The van der Waals surface area contributed by atoms with E-state index < -0.39 is 37.4 Å². The minimum Gasteiger partial charge on any atom is -0.460 e. The largest absolute Gasteiger partial charge is 0.460 e. The van der Waals surface area contributed by atoms with Crippen molar-refractivity contribution in [3.63, 3.8) is 0 Å². The number of carbonyl (C=O) groups is 1. The van der Waals surface area contributed by atoms with Crippen molar-refractivity contribution in [1.82, 2.24) is 0 Å². The number of carbonyl (C=O) groups excluding carboxylic acids is 1. The van der Waals surface area contributed by atoms with Crippen LogP contribution in [0.15, 0.2) is 12.2 Å². The topological polar surface area (TPSA) is 46.5 Å². The molecule has 0 radical (unpaired) electrons. The minimum absolute atomic E-state index is 0.0211. The molecule has 3 nitrogen and oxygen atoms in total. The van der Waals surface area contributed by atoms with Gasteiger partial charge in [-0.1, -0.05) is 6.58 Å². The Morgan fingerprint density at radius 2 is 2.00 bits per heavy atom. The number of aliphatic hydroxyl groups excluding tert-OH is 1. The van der Waals surface area contributed by atoms with Crippen LogP contribution in [0.5, 0.6) is 0 Å². The molecule has 0 fully saturated rings. The van der Waals surface area contributed by atoms with E-state index in [1.165, 1.54) is 6.92 Å². The number of aliphatic hydroxyl groups is 1. The molecular formula is C9H12F4O3. The molecule has 1 N–H and O–H groups in total. The number of rotatable bonds is 6. The smallest absolute Gasteiger partial charge is 0.333 e. The Kier molecular flexibility index (Phi) is 5.43. The van der Waals surface area contributed by atoms with Gasteiger partial charge in [0.2, 0.25) is 0 Å². The molecule has 0 saturated carbocycles. The molecule has 1 unspecified atom stereocenters. The van der Waals surface area contributed by atoms with Crippen LogP contribution in [0.3, 0.4) is 0 Å². The molecule has 0 spiro atoms. The van der Waals surface area contributed by atoms with E-state index in [4.69, 9.17) is 5.11 Å². The summed E-state index contributed by atoms with van der Waals surface area (Å²) in [4.78, 5) is 10.8. The summed E-state index contributed by atoms with van der Waals surface area (Å²) in [6, 6.07) is 0. The zero-order chi connectivity index (χ0) is 12.9.